The van der Waals surface area contributed by atoms with Crippen LogP contribution < -0.4 is 15.4 Å². The molecule has 0 aromatic heterocycles. The van der Waals surface area contributed by atoms with E-state index >= 15 is 0 Å². The first-order valence-electron chi connectivity index (χ1n) is 7.50. The van der Waals surface area contributed by atoms with Crippen LogP contribution in [-0.4, -0.2) is 44.1 Å². The van der Waals surface area contributed by atoms with Crippen LogP contribution in [-0.2, 0) is 4.79 Å². The van der Waals surface area contributed by atoms with Crippen molar-refractivity contribution in [2.75, 3.05) is 37.9 Å². The maximum Gasteiger partial charge on any atom is 0.221 e. The summed E-state index contributed by atoms with van der Waals surface area (Å²) in [6, 6.07) is 6.19. The van der Waals surface area contributed by atoms with Gasteiger partial charge in [-0.25, -0.2) is 0 Å². The van der Waals surface area contributed by atoms with Crippen LogP contribution in [0.25, 0.3) is 0 Å². The Morgan fingerprint density at radius 3 is 2.90 bits per heavy atom. The van der Waals surface area contributed by atoms with Gasteiger partial charge in [-0.05, 0) is 44.6 Å². The summed E-state index contributed by atoms with van der Waals surface area (Å²) in [5, 5.41) is 6.26. The smallest absolute Gasteiger partial charge is 0.221 e. The molecule has 5 heteroatoms. The van der Waals surface area contributed by atoms with Gasteiger partial charge in [-0.2, -0.15) is 0 Å². The second-order valence-electron chi connectivity index (χ2n) is 5.61. The summed E-state index contributed by atoms with van der Waals surface area (Å²) in [5.74, 6) is 0.723. The number of amides is 1. The van der Waals surface area contributed by atoms with Gasteiger partial charge in [-0.15, -0.1) is 0 Å². The van der Waals surface area contributed by atoms with Gasteiger partial charge >= 0.3 is 0 Å². The number of nitrogens with one attached hydrogen (secondary N) is 2. The van der Waals surface area contributed by atoms with Crippen molar-refractivity contribution in [3.8, 4) is 5.75 Å². The van der Waals surface area contributed by atoms with Gasteiger partial charge < -0.3 is 20.3 Å². The molecule has 2 N–H and O–H groups in total. The van der Waals surface area contributed by atoms with E-state index in [1.165, 1.54) is 26.2 Å². The number of rotatable bonds is 5. The fraction of sp³-hybridized carbons (Fsp3) is 0.562. The van der Waals surface area contributed by atoms with Gasteiger partial charge in [0.1, 0.15) is 5.75 Å². The molecule has 0 bridgehead atoms. The molecule has 1 aromatic rings. The van der Waals surface area contributed by atoms with Gasteiger partial charge in [0.05, 0.1) is 12.8 Å². The van der Waals surface area contributed by atoms with E-state index in [-0.39, 0.29) is 5.91 Å². The fourth-order valence-corrected chi connectivity index (χ4v) is 2.76. The predicted octanol–water partition coefficient (Wildman–Crippen LogP) is 2.55. The van der Waals surface area contributed by atoms with E-state index in [0.717, 1.165) is 30.2 Å². The van der Waals surface area contributed by atoms with Crippen molar-refractivity contribution in [1.82, 2.24) is 4.90 Å². The average molecular weight is 291 g/mol. The number of likely N-dealkylation sites (N-methyl/N-ethyl adjacent to an activating group) is 1. The number of hydrogen-bond donors (Lipinski definition) is 2. The Morgan fingerprint density at radius 2 is 2.24 bits per heavy atom. The Balaban J connectivity index is 2.04. The maximum absolute atomic E-state index is 11.2. The maximum atomic E-state index is 11.2. The molecule has 116 valence electrons. The molecule has 1 aromatic carbocycles. The Labute approximate surface area is 126 Å². The molecule has 1 saturated heterocycles. The Kier molecular flexibility index (Phi) is 5.44. The lowest BCUT2D eigenvalue weighted by Gasteiger charge is -2.32. The minimum atomic E-state index is -0.0712. The van der Waals surface area contributed by atoms with E-state index < -0.39 is 0 Å². The van der Waals surface area contributed by atoms with Crippen LogP contribution in [0.5, 0.6) is 5.75 Å². The molecule has 0 spiro atoms. The molecule has 5 nitrogen and oxygen atoms in total. The lowest BCUT2D eigenvalue weighted by atomic mass is 10.0. The van der Waals surface area contributed by atoms with Crippen LogP contribution in [0.3, 0.4) is 0 Å². The van der Waals surface area contributed by atoms with Crippen molar-refractivity contribution in [1.29, 1.82) is 0 Å². The van der Waals surface area contributed by atoms with E-state index in [2.05, 4.69) is 22.6 Å². The molecule has 0 saturated carbocycles. The molecule has 1 heterocycles. The minimum Gasteiger partial charge on any atom is -0.495 e. The molecular weight excluding hydrogens is 266 g/mol. The molecule has 21 heavy (non-hydrogen) atoms. The number of carbonyl (C=O) groups excluding carboxylic acids is 1. The van der Waals surface area contributed by atoms with Crippen molar-refractivity contribution in [3.63, 3.8) is 0 Å². The molecule has 2 rings (SSSR count). The van der Waals surface area contributed by atoms with Gasteiger partial charge in [0.25, 0.3) is 0 Å². The number of benzene rings is 1. The first kappa shape index (κ1) is 15.6. The second kappa shape index (κ2) is 7.31. The van der Waals surface area contributed by atoms with Crippen molar-refractivity contribution >= 4 is 17.3 Å². The minimum absolute atomic E-state index is 0.0712. The summed E-state index contributed by atoms with van der Waals surface area (Å²) >= 11 is 0. The number of likely N-dealkylation sites (tertiary alicyclic amines) is 1. The standard InChI is InChI=1S/C16H25N3O2/c1-12(20)18-13-7-8-16(21-3)15(10-13)17-11-14-6-4-5-9-19(14)2/h7-8,10,14,17H,4-6,9,11H2,1-3H3,(H,18,20). The number of hydrogen-bond acceptors (Lipinski definition) is 4. The van der Waals surface area contributed by atoms with Crippen molar-refractivity contribution in [2.45, 2.75) is 32.2 Å². The van der Waals surface area contributed by atoms with Gasteiger partial charge in [-0.1, -0.05) is 6.42 Å². The van der Waals surface area contributed by atoms with Crippen LogP contribution in [0.2, 0.25) is 0 Å². The number of nitrogens with zero attached hydrogens (tertiary/aromatic N) is 1. The Hall–Kier alpha value is -1.75. The third kappa shape index (κ3) is 4.36. The molecule has 1 unspecified atom stereocenters. The second-order valence-corrected chi connectivity index (χ2v) is 5.61. The van der Waals surface area contributed by atoms with Crippen LogP contribution in [0.4, 0.5) is 11.4 Å². The van der Waals surface area contributed by atoms with E-state index in [9.17, 15) is 4.79 Å². The van der Waals surface area contributed by atoms with Gasteiger partial charge in [0.15, 0.2) is 0 Å². The number of piperidine rings is 1. The normalized spacial score (nSPS) is 19.1. The topological polar surface area (TPSA) is 53.6 Å². The number of methoxy groups -OCH3 is 1. The first-order chi connectivity index (χ1) is 10.1. The van der Waals surface area contributed by atoms with Crippen molar-refractivity contribution in [3.05, 3.63) is 18.2 Å². The van der Waals surface area contributed by atoms with E-state index in [1.807, 2.05) is 18.2 Å². The number of ether oxygens (including phenoxy) is 1. The highest BCUT2D eigenvalue weighted by atomic mass is 16.5. The van der Waals surface area contributed by atoms with Crippen LogP contribution in [0.15, 0.2) is 18.2 Å². The third-order valence-corrected chi connectivity index (χ3v) is 3.97. The third-order valence-electron chi connectivity index (χ3n) is 3.97. The Bertz CT molecular complexity index is 490. The molecule has 0 aliphatic carbocycles. The lowest BCUT2D eigenvalue weighted by molar-refractivity contribution is -0.114. The summed E-state index contributed by atoms with van der Waals surface area (Å²) in [6.45, 7) is 3.56. The molecular formula is C16H25N3O2. The quantitative estimate of drug-likeness (QED) is 0.875. The lowest BCUT2D eigenvalue weighted by Crippen LogP contribution is -2.40. The zero-order valence-corrected chi connectivity index (χ0v) is 13.1. The first-order valence-corrected chi connectivity index (χ1v) is 7.50. The van der Waals surface area contributed by atoms with E-state index in [1.54, 1.807) is 7.11 Å². The molecule has 1 amide bonds. The molecule has 1 fully saturated rings. The summed E-state index contributed by atoms with van der Waals surface area (Å²) in [7, 11) is 3.84. The molecule has 1 atom stereocenters. The number of anilines is 2. The van der Waals surface area contributed by atoms with Crippen LogP contribution >= 0.6 is 0 Å². The van der Waals surface area contributed by atoms with Crippen molar-refractivity contribution < 1.29 is 9.53 Å². The molecule has 1 aliphatic rings. The molecule has 1 aliphatic heterocycles. The zero-order chi connectivity index (χ0) is 15.2. The summed E-state index contributed by atoms with van der Waals surface area (Å²) < 4.78 is 5.38. The van der Waals surface area contributed by atoms with Crippen LogP contribution in [0, 0.1) is 0 Å². The highest BCUT2D eigenvalue weighted by Gasteiger charge is 2.18. The van der Waals surface area contributed by atoms with E-state index in [4.69, 9.17) is 4.74 Å². The van der Waals surface area contributed by atoms with Crippen molar-refractivity contribution in [2.24, 2.45) is 0 Å². The van der Waals surface area contributed by atoms with Gasteiger partial charge in [0, 0.05) is 25.2 Å². The monoisotopic (exact) mass is 291 g/mol. The predicted molar refractivity (Wildman–Crippen MR) is 86.1 cm³/mol. The molecule has 0 radical (unpaired) electrons. The highest BCUT2D eigenvalue weighted by molar-refractivity contribution is 5.89. The summed E-state index contributed by atoms with van der Waals surface area (Å²) in [4.78, 5) is 13.6. The number of carbonyl (C=O) groups is 1. The van der Waals surface area contributed by atoms with Gasteiger partial charge in [-0.3, -0.25) is 4.79 Å². The summed E-state index contributed by atoms with van der Waals surface area (Å²) in [6.07, 6.45) is 3.80. The Morgan fingerprint density at radius 1 is 1.43 bits per heavy atom. The largest absolute Gasteiger partial charge is 0.495 e. The van der Waals surface area contributed by atoms with Gasteiger partial charge in [0.2, 0.25) is 5.91 Å². The fourth-order valence-electron chi connectivity index (χ4n) is 2.76. The average Bonchev–Trinajstić information content (AvgIpc) is 2.46. The highest BCUT2D eigenvalue weighted by Crippen LogP contribution is 2.28. The SMILES string of the molecule is COc1ccc(NC(C)=O)cc1NCC1CCCCN1C. The van der Waals surface area contributed by atoms with Crippen LogP contribution in [0.1, 0.15) is 26.2 Å². The zero-order valence-electron chi connectivity index (χ0n) is 13.1. The summed E-state index contributed by atoms with van der Waals surface area (Å²) in [5.41, 5.74) is 1.70. The van der Waals surface area contributed by atoms with E-state index in [0.29, 0.717) is 6.04 Å².